The molecule has 0 saturated carbocycles. The summed E-state index contributed by atoms with van der Waals surface area (Å²) in [5.74, 6) is 1.66. The van der Waals surface area contributed by atoms with Gasteiger partial charge in [0.05, 0.1) is 12.7 Å². The quantitative estimate of drug-likeness (QED) is 0.697. The van der Waals surface area contributed by atoms with Gasteiger partial charge < -0.3 is 9.15 Å². The molecule has 0 N–H and O–H groups in total. The summed E-state index contributed by atoms with van der Waals surface area (Å²) in [4.78, 5) is 0. The van der Waals surface area contributed by atoms with Crippen molar-refractivity contribution in [3.05, 3.63) is 59.7 Å². The molecule has 0 fully saturated rings. The third-order valence-corrected chi connectivity index (χ3v) is 3.55. The van der Waals surface area contributed by atoms with E-state index in [1.54, 1.807) is 7.11 Å². The van der Waals surface area contributed by atoms with Gasteiger partial charge in [-0.05, 0) is 37.6 Å². The van der Waals surface area contributed by atoms with Crippen molar-refractivity contribution in [3.63, 3.8) is 0 Å². The molecule has 4 heteroatoms. The summed E-state index contributed by atoms with van der Waals surface area (Å²) >= 11 is 0. The molecule has 0 bridgehead atoms. The van der Waals surface area contributed by atoms with Crippen molar-refractivity contribution < 1.29 is 9.15 Å². The molecule has 0 atom stereocenters. The second-order valence-corrected chi connectivity index (χ2v) is 5.20. The molecule has 0 unspecified atom stereocenters. The molecular formula is C19H18N2O2. The molecule has 23 heavy (non-hydrogen) atoms. The molecule has 0 amide bonds. The molecule has 116 valence electrons. The summed E-state index contributed by atoms with van der Waals surface area (Å²) in [5.41, 5.74) is 3.91. The van der Waals surface area contributed by atoms with E-state index in [1.807, 2.05) is 50.3 Å². The molecule has 2 aromatic carbocycles. The van der Waals surface area contributed by atoms with Gasteiger partial charge in [-0.3, -0.25) is 0 Å². The van der Waals surface area contributed by atoms with Crippen LogP contribution in [-0.2, 0) is 0 Å². The zero-order valence-electron chi connectivity index (χ0n) is 13.4. The van der Waals surface area contributed by atoms with Gasteiger partial charge in [0.25, 0.3) is 5.89 Å². The first-order valence-electron chi connectivity index (χ1n) is 7.43. The lowest BCUT2D eigenvalue weighted by Crippen LogP contribution is -1.87. The van der Waals surface area contributed by atoms with Gasteiger partial charge in [-0.2, -0.15) is 0 Å². The Balaban J connectivity index is 2.08. The van der Waals surface area contributed by atoms with Crippen LogP contribution in [0.15, 0.2) is 53.0 Å². The number of methoxy groups -OCH3 is 1. The van der Waals surface area contributed by atoms with Gasteiger partial charge in [0.15, 0.2) is 0 Å². The average molecular weight is 306 g/mol. The summed E-state index contributed by atoms with van der Waals surface area (Å²) in [5, 5.41) is 8.40. The Hall–Kier alpha value is -2.88. The maximum Gasteiger partial charge on any atom is 0.251 e. The van der Waals surface area contributed by atoms with Crippen LogP contribution >= 0.6 is 0 Å². The van der Waals surface area contributed by atoms with E-state index < -0.39 is 0 Å². The van der Waals surface area contributed by atoms with Gasteiger partial charge in [-0.15, -0.1) is 10.2 Å². The maximum absolute atomic E-state index is 5.90. The van der Waals surface area contributed by atoms with Crippen LogP contribution in [0.2, 0.25) is 0 Å². The number of aromatic nitrogens is 2. The SMILES string of the molecule is C/C=C/c1ccc(C)cc1-c1nnc(-c2ccccc2OC)o1. The number of ether oxygens (including phenoxy) is 1. The molecule has 1 heterocycles. The number of benzene rings is 2. The van der Waals surface area contributed by atoms with E-state index in [4.69, 9.17) is 9.15 Å². The highest BCUT2D eigenvalue weighted by molar-refractivity contribution is 5.72. The van der Waals surface area contributed by atoms with Crippen molar-refractivity contribution in [2.75, 3.05) is 7.11 Å². The summed E-state index contributed by atoms with van der Waals surface area (Å²) in [6.07, 6.45) is 4.02. The average Bonchev–Trinajstić information content (AvgIpc) is 3.06. The fourth-order valence-electron chi connectivity index (χ4n) is 2.44. The monoisotopic (exact) mass is 306 g/mol. The first-order chi connectivity index (χ1) is 11.2. The van der Waals surface area contributed by atoms with Crippen LogP contribution in [0.5, 0.6) is 5.75 Å². The lowest BCUT2D eigenvalue weighted by atomic mass is 10.0. The fourth-order valence-corrected chi connectivity index (χ4v) is 2.44. The largest absolute Gasteiger partial charge is 0.496 e. The molecule has 3 aromatic rings. The number of hydrogen-bond acceptors (Lipinski definition) is 4. The van der Waals surface area contributed by atoms with E-state index in [-0.39, 0.29) is 0 Å². The van der Waals surface area contributed by atoms with E-state index in [0.29, 0.717) is 17.5 Å². The van der Waals surface area contributed by atoms with Crippen LogP contribution in [0.1, 0.15) is 18.1 Å². The molecule has 0 aliphatic rings. The molecule has 3 rings (SSSR count). The fraction of sp³-hybridized carbons (Fsp3) is 0.158. The van der Waals surface area contributed by atoms with Crippen molar-refractivity contribution >= 4 is 6.08 Å². The number of para-hydroxylation sites is 1. The second kappa shape index (κ2) is 6.48. The number of nitrogens with zero attached hydrogens (tertiary/aromatic N) is 2. The Morgan fingerprint density at radius 3 is 2.48 bits per heavy atom. The maximum atomic E-state index is 5.90. The van der Waals surface area contributed by atoms with Gasteiger partial charge >= 0.3 is 0 Å². The van der Waals surface area contributed by atoms with Crippen LogP contribution in [0.25, 0.3) is 29.0 Å². The summed E-state index contributed by atoms with van der Waals surface area (Å²) in [6, 6.07) is 13.8. The van der Waals surface area contributed by atoms with E-state index in [2.05, 4.69) is 28.4 Å². The molecule has 0 aliphatic heterocycles. The van der Waals surface area contributed by atoms with Gasteiger partial charge in [0.2, 0.25) is 5.89 Å². The first-order valence-corrected chi connectivity index (χ1v) is 7.43. The normalized spacial score (nSPS) is 11.1. The number of allylic oxidation sites excluding steroid dienone is 1. The van der Waals surface area contributed by atoms with Gasteiger partial charge in [-0.25, -0.2) is 0 Å². The second-order valence-electron chi connectivity index (χ2n) is 5.20. The molecular weight excluding hydrogens is 288 g/mol. The predicted molar refractivity (Wildman–Crippen MR) is 91.2 cm³/mol. The highest BCUT2D eigenvalue weighted by atomic mass is 16.5. The number of aryl methyl sites for hydroxylation is 1. The van der Waals surface area contributed by atoms with Crippen LogP contribution in [-0.4, -0.2) is 17.3 Å². The van der Waals surface area contributed by atoms with Crippen molar-refractivity contribution in [1.82, 2.24) is 10.2 Å². The minimum atomic E-state index is 0.449. The number of hydrogen-bond donors (Lipinski definition) is 0. The Kier molecular flexibility index (Phi) is 4.24. The van der Waals surface area contributed by atoms with E-state index >= 15 is 0 Å². The zero-order chi connectivity index (χ0) is 16.2. The molecule has 0 radical (unpaired) electrons. The highest BCUT2D eigenvalue weighted by Gasteiger charge is 2.15. The van der Waals surface area contributed by atoms with E-state index in [0.717, 1.165) is 22.3 Å². The Labute approximate surface area is 135 Å². The van der Waals surface area contributed by atoms with Crippen LogP contribution in [0, 0.1) is 6.92 Å². The Bertz CT molecular complexity index is 850. The first kappa shape index (κ1) is 15.0. The van der Waals surface area contributed by atoms with Crippen LogP contribution in [0.4, 0.5) is 0 Å². The zero-order valence-corrected chi connectivity index (χ0v) is 13.4. The molecule has 0 aliphatic carbocycles. The Morgan fingerprint density at radius 1 is 1.00 bits per heavy atom. The van der Waals surface area contributed by atoms with Gasteiger partial charge in [-0.1, -0.05) is 42.0 Å². The van der Waals surface area contributed by atoms with Crippen molar-refractivity contribution in [3.8, 4) is 28.7 Å². The molecule has 1 aromatic heterocycles. The lowest BCUT2D eigenvalue weighted by molar-refractivity contribution is 0.414. The van der Waals surface area contributed by atoms with Crippen molar-refractivity contribution in [2.45, 2.75) is 13.8 Å². The third-order valence-electron chi connectivity index (χ3n) is 3.55. The Morgan fingerprint density at radius 2 is 1.74 bits per heavy atom. The minimum Gasteiger partial charge on any atom is -0.496 e. The summed E-state index contributed by atoms with van der Waals surface area (Å²) in [7, 11) is 1.63. The van der Waals surface area contributed by atoms with Crippen molar-refractivity contribution in [2.24, 2.45) is 0 Å². The standard InChI is InChI=1S/C19H18N2O2/c1-4-7-14-11-10-13(2)12-16(14)19-21-20-18(23-19)15-8-5-6-9-17(15)22-3/h4-12H,1-3H3/b7-4+. The number of rotatable bonds is 4. The van der Waals surface area contributed by atoms with Crippen molar-refractivity contribution in [1.29, 1.82) is 0 Å². The molecule has 0 saturated heterocycles. The molecule has 4 nitrogen and oxygen atoms in total. The topological polar surface area (TPSA) is 48.2 Å². The van der Waals surface area contributed by atoms with Crippen LogP contribution < -0.4 is 4.74 Å². The lowest BCUT2D eigenvalue weighted by Gasteiger charge is -2.04. The van der Waals surface area contributed by atoms with E-state index in [9.17, 15) is 0 Å². The van der Waals surface area contributed by atoms with Crippen LogP contribution in [0.3, 0.4) is 0 Å². The van der Waals surface area contributed by atoms with Gasteiger partial charge in [0, 0.05) is 5.56 Å². The summed E-state index contributed by atoms with van der Waals surface area (Å²) < 4.78 is 11.3. The predicted octanol–water partition coefficient (Wildman–Crippen LogP) is 4.75. The minimum absolute atomic E-state index is 0.449. The third kappa shape index (κ3) is 3.01. The molecule has 0 spiro atoms. The highest BCUT2D eigenvalue weighted by Crippen LogP contribution is 2.32. The summed E-state index contributed by atoms with van der Waals surface area (Å²) in [6.45, 7) is 4.03. The van der Waals surface area contributed by atoms with Gasteiger partial charge in [0.1, 0.15) is 5.75 Å². The smallest absolute Gasteiger partial charge is 0.251 e. The van der Waals surface area contributed by atoms with E-state index in [1.165, 1.54) is 0 Å².